The van der Waals surface area contributed by atoms with Gasteiger partial charge in [-0.05, 0) is 6.07 Å². The second-order valence-electron chi connectivity index (χ2n) is 3.80. The molecule has 1 atom stereocenters. The van der Waals surface area contributed by atoms with Crippen LogP contribution >= 0.6 is 35.0 Å². The number of thioether (sulfide) groups is 1. The maximum absolute atomic E-state index is 12.3. The lowest BCUT2D eigenvalue weighted by molar-refractivity contribution is -0.141. The van der Waals surface area contributed by atoms with Crippen molar-refractivity contribution in [2.24, 2.45) is 0 Å². The highest BCUT2D eigenvalue weighted by molar-refractivity contribution is 7.99. The fourth-order valence-electron chi connectivity index (χ4n) is 1.71. The third kappa shape index (κ3) is 3.10. The second-order valence-corrected chi connectivity index (χ2v) is 5.69. The first-order valence-electron chi connectivity index (χ1n) is 5.31. The normalized spacial score (nSPS) is 19.3. The fraction of sp³-hybridized carbons (Fsp3) is 0.400. The zero-order chi connectivity index (χ0) is 14.0. The number of nitrogens with zero attached hydrogens (tertiary/aromatic N) is 3. The van der Waals surface area contributed by atoms with Crippen LogP contribution in [0.3, 0.4) is 0 Å². The van der Waals surface area contributed by atoms with Crippen molar-refractivity contribution in [3.05, 3.63) is 21.9 Å². The molecule has 1 aromatic rings. The van der Waals surface area contributed by atoms with Gasteiger partial charge < -0.3 is 10.0 Å². The number of aromatic nitrogens is 2. The predicted octanol–water partition coefficient (Wildman–Crippen LogP) is 1.43. The molecule has 1 aliphatic rings. The minimum absolute atomic E-state index is 0.0333. The molecule has 0 aliphatic carbocycles. The van der Waals surface area contributed by atoms with Gasteiger partial charge in [0, 0.05) is 18.1 Å². The van der Waals surface area contributed by atoms with Crippen LogP contribution in [0.5, 0.6) is 0 Å². The average Bonchev–Trinajstić information content (AvgIpc) is 2.40. The number of amides is 1. The number of hydrogen-bond acceptors (Lipinski definition) is 5. The maximum atomic E-state index is 12.3. The van der Waals surface area contributed by atoms with Gasteiger partial charge in [0.05, 0.1) is 5.56 Å². The van der Waals surface area contributed by atoms with E-state index in [1.807, 2.05) is 0 Å². The van der Waals surface area contributed by atoms with Gasteiger partial charge in [0.15, 0.2) is 10.3 Å². The summed E-state index contributed by atoms with van der Waals surface area (Å²) in [5.74, 6) is -0.496. The molecule has 1 unspecified atom stereocenters. The van der Waals surface area contributed by atoms with Crippen molar-refractivity contribution in [2.45, 2.75) is 6.04 Å². The fourth-order valence-corrected chi connectivity index (χ4v) is 3.07. The summed E-state index contributed by atoms with van der Waals surface area (Å²) in [7, 11) is 0. The first kappa shape index (κ1) is 14.4. The van der Waals surface area contributed by atoms with E-state index in [-0.39, 0.29) is 15.9 Å². The topological polar surface area (TPSA) is 83.4 Å². The Labute approximate surface area is 123 Å². The van der Waals surface area contributed by atoms with E-state index in [0.717, 1.165) is 0 Å². The minimum atomic E-state index is -1.04. The molecule has 1 fully saturated rings. The van der Waals surface area contributed by atoms with Crippen LogP contribution in [0.2, 0.25) is 10.3 Å². The highest BCUT2D eigenvalue weighted by Crippen LogP contribution is 2.23. The van der Waals surface area contributed by atoms with E-state index in [9.17, 15) is 9.59 Å². The van der Waals surface area contributed by atoms with E-state index in [2.05, 4.69) is 10.2 Å². The second kappa shape index (κ2) is 5.94. The molecule has 19 heavy (non-hydrogen) atoms. The monoisotopic (exact) mass is 321 g/mol. The number of carbonyl (C=O) groups excluding carboxylic acids is 1. The molecule has 6 nitrogen and oxygen atoms in total. The minimum Gasteiger partial charge on any atom is -0.480 e. The lowest BCUT2D eigenvalue weighted by Gasteiger charge is -2.32. The zero-order valence-corrected chi connectivity index (χ0v) is 11.9. The number of halogens is 2. The number of carboxylic acid groups (broad SMARTS) is 1. The molecule has 1 amide bonds. The van der Waals surface area contributed by atoms with Crippen molar-refractivity contribution < 1.29 is 14.7 Å². The number of carboxylic acids is 1. The quantitative estimate of drug-likeness (QED) is 0.887. The molecule has 102 valence electrons. The van der Waals surface area contributed by atoms with Crippen molar-refractivity contribution in [1.29, 1.82) is 0 Å². The standard InChI is InChI=1S/C10H9Cl2N3O3S/c11-7-3-5(8(12)14-13-7)9(16)15-1-2-19-4-6(15)10(17)18/h3,6H,1-2,4H2,(H,17,18). The zero-order valence-electron chi connectivity index (χ0n) is 9.55. The van der Waals surface area contributed by atoms with E-state index < -0.39 is 17.9 Å². The molecule has 1 aliphatic heterocycles. The first-order chi connectivity index (χ1) is 9.00. The molecule has 9 heteroatoms. The summed E-state index contributed by atoms with van der Waals surface area (Å²) in [5, 5.41) is 16.1. The molecular formula is C10H9Cl2N3O3S. The molecule has 2 rings (SSSR count). The molecule has 0 spiro atoms. The van der Waals surface area contributed by atoms with E-state index in [1.165, 1.54) is 22.7 Å². The summed E-state index contributed by atoms with van der Waals surface area (Å²) in [6.45, 7) is 0.344. The van der Waals surface area contributed by atoms with Crippen LogP contribution in [0, 0.1) is 0 Å². The number of rotatable bonds is 2. The summed E-state index contributed by atoms with van der Waals surface area (Å²) < 4.78 is 0. The van der Waals surface area contributed by atoms with Crippen LogP contribution < -0.4 is 0 Å². The SMILES string of the molecule is O=C(O)C1CSCCN1C(=O)c1cc(Cl)nnc1Cl. The van der Waals surface area contributed by atoms with Gasteiger partial charge in [-0.2, -0.15) is 11.8 Å². The molecule has 0 saturated carbocycles. The highest BCUT2D eigenvalue weighted by Gasteiger charge is 2.34. The molecule has 2 heterocycles. The van der Waals surface area contributed by atoms with Crippen LogP contribution in [0.25, 0.3) is 0 Å². The molecule has 1 saturated heterocycles. The number of hydrogen-bond donors (Lipinski definition) is 1. The highest BCUT2D eigenvalue weighted by atomic mass is 35.5. The van der Waals surface area contributed by atoms with Crippen molar-refractivity contribution in [3.63, 3.8) is 0 Å². The molecule has 0 aromatic carbocycles. The number of carbonyl (C=O) groups is 2. The van der Waals surface area contributed by atoms with E-state index in [1.54, 1.807) is 0 Å². The van der Waals surface area contributed by atoms with Crippen molar-refractivity contribution in [1.82, 2.24) is 15.1 Å². The Balaban J connectivity index is 2.31. The average molecular weight is 322 g/mol. The van der Waals surface area contributed by atoms with Gasteiger partial charge in [-0.25, -0.2) is 4.79 Å². The molecular weight excluding hydrogens is 313 g/mol. The van der Waals surface area contributed by atoms with Crippen LogP contribution in [-0.4, -0.2) is 56.2 Å². The maximum Gasteiger partial charge on any atom is 0.327 e. The van der Waals surface area contributed by atoms with E-state index in [0.29, 0.717) is 18.1 Å². The van der Waals surface area contributed by atoms with Crippen LogP contribution in [0.4, 0.5) is 0 Å². The lowest BCUT2D eigenvalue weighted by atomic mass is 10.2. The Morgan fingerprint density at radius 2 is 2.16 bits per heavy atom. The van der Waals surface area contributed by atoms with Gasteiger partial charge in [0.1, 0.15) is 6.04 Å². The summed E-state index contributed by atoms with van der Waals surface area (Å²) >= 11 is 13.0. The predicted molar refractivity (Wildman–Crippen MR) is 71.8 cm³/mol. The van der Waals surface area contributed by atoms with E-state index in [4.69, 9.17) is 28.3 Å². The molecule has 1 aromatic heterocycles. The molecule has 1 N–H and O–H groups in total. The summed E-state index contributed by atoms with van der Waals surface area (Å²) in [6.07, 6.45) is 0. The third-order valence-electron chi connectivity index (χ3n) is 2.62. The summed E-state index contributed by atoms with van der Waals surface area (Å²) in [5.41, 5.74) is 0.0693. The largest absolute Gasteiger partial charge is 0.480 e. The van der Waals surface area contributed by atoms with Crippen LogP contribution in [0.1, 0.15) is 10.4 Å². The van der Waals surface area contributed by atoms with E-state index >= 15 is 0 Å². The van der Waals surface area contributed by atoms with Gasteiger partial charge in [0.25, 0.3) is 5.91 Å². The van der Waals surface area contributed by atoms with Gasteiger partial charge in [-0.3, -0.25) is 4.79 Å². The Morgan fingerprint density at radius 1 is 1.42 bits per heavy atom. The van der Waals surface area contributed by atoms with Crippen molar-refractivity contribution in [2.75, 3.05) is 18.1 Å². The Bertz CT molecular complexity index is 529. The van der Waals surface area contributed by atoms with Crippen LogP contribution in [0.15, 0.2) is 6.07 Å². The van der Waals surface area contributed by atoms with Gasteiger partial charge in [0.2, 0.25) is 0 Å². The summed E-state index contributed by atoms with van der Waals surface area (Å²) in [4.78, 5) is 24.8. The van der Waals surface area contributed by atoms with Gasteiger partial charge >= 0.3 is 5.97 Å². The lowest BCUT2D eigenvalue weighted by Crippen LogP contribution is -2.50. The number of aliphatic carboxylic acids is 1. The Kier molecular flexibility index (Phi) is 4.49. The van der Waals surface area contributed by atoms with Gasteiger partial charge in [-0.15, -0.1) is 10.2 Å². The third-order valence-corrected chi connectivity index (χ3v) is 4.11. The Hall–Kier alpha value is -1.05. The molecule has 0 radical (unpaired) electrons. The van der Waals surface area contributed by atoms with Crippen molar-refractivity contribution in [3.8, 4) is 0 Å². The molecule has 0 bridgehead atoms. The Morgan fingerprint density at radius 3 is 2.84 bits per heavy atom. The van der Waals surface area contributed by atoms with Gasteiger partial charge in [-0.1, -0.05) is 23.2 Å². The summed E-state index contributed by atoms with van der Waals surface area (Å²) in [6, 6.07) is 0.425. The smallest absolute Gasteiger partial charge is 0.327 e. The van der Waals surface area contributed by atoms with Crippen molar-refractivity contribution >= 4 is 46.8 Å². The van der Waals surface area contributed by atoms with Crippen LogP contribution in [-0.2, 0) is 4.79 Å². The first-order valence-corrected chi connectivity index (χ1v) is 7.22.